The number of nitrogens with zero attached hydrogens (tertiary/aromatic N) is 4. The third kappa shape index (κ3) is 4.68. The zero-order chi connectivity index (χ0) is 33.0. The molecule has 1 saturated carbocycles. The van der Waals surface area contributed by atoms with Crippen LogP contribution in [0, 0.1) is 41.2 Å². The molecule has 2 bridgehead atoms. The van der Waals surface area contributed by atoms with E-state index in [-0.39, 0.29) is 69.7 Å². The molecule has 1 aliphatic carbocycles. The van der Waals surface area contributed by atoms with Gasteiger partial charge in [-0.05, 0) is 49.3 Å². The van der Waals surface area contributed by atoms with E-state index in [1.165, 1.54) is 12.1 Å². The lowest BCUT2D eigenvalue weighted by Crippen LogP contribution is -2.60. The predicted molar refractivity (Wildman–Crippen MR) is 180 cm³/mol. The molecular weight excluding hydrogens is 628 g/mol. The zero-order valence-corrected chi connectivity index (χ0v) is 27.1. The molecule has 11 heteroatoms. The van der Waals surface area contributed by atoms with E-state index >= 15 is 8.78 Å². The number of aromatic nitrogens is 2. The molecule has 49 heavy (non-hydrogen) atoms. The second kappa shape index (κ2) is 10.9. The number of rotatable bonds is 6. The Balaban J connectivity index is 1.10. The first-order valence-electron chi connectivity index (χ1n) is 17.4. The highest BCUT2D eigenvalue weighted by molar-refractivity contribution is 6.06. The van der Waals surface area contributed by atoms with Gasteiger partial charge in [0.15, 0.2) is 17.4 Å². The van der Waals surface area contributed by atoms with Gasteiger partial charge in [0, 0.05) is 72.0 Å². The molecule has 5 aliphatic heterocycles. The van der Waals surface area contributed by atoms with Crippen LogP contribution in [-0.2, 0) is 4.74 Å². The number of hydrogen-bond acceptors (Lipinski definition) is 9. The van der Waals surface area contributed by atoms with E-state index in [2.05, 4.69) is 26.0 Å². The molecule has 10 rings (SSSR count). The number of piperazine rings is 1. The topological polar surface area (TPSA) is 92.2 Å². The standard InChI is InChI=1S/C38H37F2N5O4/c1-2-20-4-3-5-21-10-25(46)11-26(29(20)21)30-32(39)34-31-35(33(30)40)48-17-28-27-7-6-24(41-27)14-45(28)36(31)43-37(42-34)49-19-38(8-9-38)18-44-12-22-15-47-16-23(22)13-44/h1,3-5,10-11,22-24,27-28,41,46H,6-9,12-19H2/t22?,23?,24-,27+,28-/m1/s1. The van der Waals surface area contributed by atoms with E-state index in [9.17, 15) is 5.11 Å². The van der Waals surface area contributed by atoms with Gasteiger partial charge in [0.25, 0.3) is 0 Å². The highest BCUT2D eigenvalue weighted by atomic mass is 19.1. The number of nitrogens with one attached hydrogen (secondary N) is 1. The van der Waals surface area contributed by atoms with Crippen LogP contribution in [0.3, 0.4) is 0 Å². The molecule has 0 spiro atoms. The van der Waals surface area contributed by atoms with Crippen LogP contribution >= 0.6 is 0 Å². The molecule has 3 aromatic carbocycles. The average molecular weight is 666 g/mol. The van der Waals surface area contributed by atoms with Crippen molar-refractivity contribution in [2.75, 3.05) is 57.5 Å². The lowest BCUT2D eigenvalue weighted by Gasteiger charge is -2.40. The highest BCUT2D eigenvalue weighted by Gasteiger charge is 2.49. The summed E-state index contributed by atoms with van der Waals surface area (Å²) in [6.07, 6.45) is 9.92. The third-order valence-corrected chi connectivity index (χ3v) is 11.9. The summed E-state index contributed by atoms with van der Waals surface area (Å²) in [4.78, 5) is 14.3. The summed E-state index contributed by atoms with van der Waals surface area (Å²) in [5.74, 6) is 2.29. The van der Waals surface area contributed by atoms with Gasteiger partial charge in [-0.15, -0.1) is 6.42 Å². The fourth-order valence-electron chi connectivity index (χ4n) is 9.25. The van der Waals surface area contributed by atoms with Gasteiger partial charge in [-0.25, -0.2) is 8.78 Å². The lowest BCUT2D eigenvalue weighted by atomic mass is 9.92. The van der Waals surface area contributed by atoms with Crippen molar-refractivity contribution in [3.8, 4) is 41.0 Å². The molecule has 1 aromatic heterocycles. The fraction of sp³-hybridized carbons (Fsp3) is 0.474. The SMILES string of the molecule is C#Cc1cccc2cc(O)cc(-c3c(F)c4c5c(nc(OCC6(CN7CC8COCC8C7)CC6)nc5c3F)N3C[C@H]5CC[C@H](N5)[C@H]3CO4)c12. The Bertz CT molecular complexity index is 2070. The lowest BCUT2D eigenvalue weighted by molar-refractivity contribution is 0.131. The number of phenols is 1. The second-order valence-electron chi connectivity index (χ2n) is 15.0. The number of benzene rings is 3. The minimum atomic E-state index is -0.879. The molecule has 4 aromatic rings. The first kappa shape index (κ1) is 29.7. The van der Waals surface area contributed by atoms with Crippen molar-refractivity contribution in [3.05, 3.63) is 47.5 Å². The Labute approximate surface area is 282 Å². The minimum absolute atomic E-state index is 0.00447. The molecule has 0 amide bonds. The number of phenolic OH excluding ortho intramolecular Hbond substituents is 1. The smallest absolute Gasteiger partial charge is 0.319 e. The van der Waals surface area contributed by atoms with Crippen molar-refractivity contribution in [1.29, 1.82) is 0 Å². The van der Waals surface area contributed by atoms with Crippen LogP contribution in [0.2, 0.25) is 0 Å². The summed E-state index contributed by atoms with van der Waals surface area (Å²) in [5, 5.41) is 15.6. The van der Waals surface area contributed by atoms with Crippen LogP contribution in [-0.4, -0.2) is 90.7 Å². The van der Waals surface area contributed by atoms with Crippen LogP contribution in [0.5, 0.6) is 17.5 Å². The second-order valence-corrected chi connectivity index (χ2v) is 15.0. The molecule has 5 atom stereocenters. The normalized spacial score (nSPS) is 27.9. The highest BCUT2D eigenvalue weighted by Crippen LogP contribution is 2.50. The Morgan fingerprint density at radius 2 is 1.88 bits per heavy atom. The maximum Gasteiger partial charge on any atom is 0.319 e. The van der Waals surface area contributed by atoms with Gasteiger partial charge in [-0.2, -0.15) is 9.97 Å². The molecule has 4 saturated heterocycles. The molecule has 6 aliphatic rings. The predicted octanol–water partition coefficient (Wildman–Crippen LogP) is 4.85. The Kier molecular flexibility index (Phi) is 6.58. The summed E-state index contributed by atoms with van der Waals surface area (Å²) in [6.45, 7) is 5.95. The Morgan fingerprint density at radius 1 is 1.04 bits per heavy atom. The van der Waals surface area contributed by atoms with E-state index in [1.807, 2.05) is 0 Å². The van der Waals surface area contributed by atoms with E-state index in [4.69, 9.17) is 25.6 Å². The molecule has 9 nitrogen and oxygen atoms in total. The third-order valence-electron chi connectivity index (χ3n) is 11.9. The van der Waals surface area contributed by atoms with Gasteiger partial charge in [-0.3, -0.25) is 0 Å². The number of fused-ring (bicyclic) bond motifs is 7. The van der Waals surface area contributed by atoms with Crippen molar-refractivity contribution < 1.29 is 28.1 Å². The number of terminal acetylenes is 1. The number of anilines is 1. The molecule has 5 fully saturated rings. The monoisotopic (exact) mass is 665 g/mol. The van der Waals surface area contributed by atoms with Crippen LogP contribution in [0.25, 0.3) is 32.8 Å². The quantitative estimate of drug-likeness (QED) is 0.281. The summed E-state index contributed by atoms with van der Waals surface area (Å²) >= 11 is 0. The van der Waals surface area contributed by atoms with Crippen LogP contribution < -0.4 is 19.7 Å². The molecule has 0 radical (unpaired) electrons. The number of likely N-dealkylation sites (tertiary alicyclic amines) is 1. The number of ether oxygens (including phenoxy) is 3. The summed E-state index contributed by atoms with van der Waals surface area (Å²) in [5.41, 5.74) is 0.139. The van der Waals surface area contributed by atoms with E-state index in [0.717, 1.165) is 58.5 Å². The average Bonchev–Trinajstić information content (AvgIpc) is 3.36. The van der Waals surface area contributed by atoms with Gasteiger partial charge < -0.3 is 34.4 Å². The molecule has 2 N–H and O–H groups in total. The fourth-order valence-corrected chi connectivity index (χ4v) is 9.25. The van der Waals surface area contributed by atoms with Crippen molar-refractivity contribution in [3.63, 3.8) is 0 Å². The number of halogens is 2. The Hall–Kier alpha value is -4.24. The zero-order valence-electron chi connectivity index (χ0n) is 27.1. The molecule has 2 unspecified atom stereocenters. The maximum atomic E-state index is 17.2. The summed E-state index contributed by atoms with van der Waals surface area (Å²) < 4.78 is 52.5. The van der Waals surface area contributed by atoms with Crippen molar-refractivity contribution >= 4 is 27.5 Å². The van der Waals surface area contributed by atoms with E-state index in [1.54, 1.807) is 18.2 Å². The van der Waals surface area contributed by atoms with Gasteiger partial charge in [-0.1, -0.05) is 18.1 Å². The molecule has 6 heterocycles. The largest absolute Gasteiger partial charge is 0.508 e. The summed E-state index contributed by atoms with van der Waals surface area (Å²) in [6, 6.07) is 8.41. The van der Waals surface area contributed by atoms with Crippen LogP contribution in [0.1, 0.15) is 31.2 Å². The maximum absolute atomic E-state index is 17.2. The molecular formula is C38H37F2N5O4. The Morgan fingerprint density at radius 3 is 2.67 bits per heavy atom. The van der Waals surface area contributed by atoms with Gasteiger partial charge in [0.2, 0.25) is 0 Å². The minimum Gasteiger partial charge on any atom is -0.508 e. The summed E-state index contributed by atoms with van der Waals surface area (Å²) in [7, 11) is 0. The van der Waals surface area contributed by atoms with Gasteiger partial charge >= 0.3 is 6.01 Å². The molecule has 252 valence electrons. The number of hydrogen-bond donors (Lipinski definition) is 2. The first-order valence-corrected chi connectivity index (χ1v) is 17.4. The van der Waals surface area contributed by atoms with Crippen molar-refractivity contribution in [1.82, 2.24) is 20.2 Å². The van der Waals surface area contributed by atoms with Gasteiger partial charge in [0.05, 0.1) is 36.8 Å². The van der Waals surface area contributed by atoms with Gasteiger partial charge in [0.1, 0.15) is 23.7 Å². The van der Waals surface area contributed by atoms with Crippen molar-refractivity contribution in [2.24, 2.45) is 17.3 Å². The number of aromatic hydroxyl groups is 1. The van der Waals surface area contributed by atoms with E-state index in [0.29, 0.717) is 47.1 Å². The van der Waals surface area contributed by atoms with Crippen molar-refractivity contribution in [2.45, 2.75) is 43.8 Å². The van der Waals surface area contributed by atoms with E-state index < -0.39 is 11.6 Å². The first-order chi connectivity index (χ1) is 23.9. The van der Waals surface area contributed by atoms with Crippen LogP contribution in [0.15, 0.2) is 30.3 Å². The van der Waals surface area contributed by atoms with Crippen LogP contribution in [0.4, 0.5) is 14.6 Å².